The molecule has 2 aromatic carbocycles. The van der Waals surface area contributed by atoms with Crippen LogP contribution in [0.25, 0.3) is 0 Å². The molecule has 0 spiro atoms. The zero-order valence-corrected chi connectivity index (χ0v) is 17.1. The van der Waals surface area contributed by atoms with E-state index in [1.165, 1.54) is 11.0 Å². The molecule has 2 unspecified atom stereocenters. The molecule has 0 radical (unpaired) electrons. The maximum atomic E-state index is 14.8. The predicted molar refractivity (Wildman–Crippen MR) is 107 cm³/mol. The van der Waals surface area contributed by atoms with Crippen molar-refractivity contribution in [3.8, 4) is 0 Å². The summed E-state index contributed by atoms with van der Waals surface area (Å²) in [6, 6.07) is 12.4. The summed E-state index contributed by atoms with van der Waals surface area (Å²) < 4.78 is 20.7. The summed E-state index contributed by atoms with van der Waals surface area (Å²) in [6.45, 7) is 3.68. The van der Waals surface area contributed by atoms with Gasteiger partial charge in [-0.25, -0.2) is 14.2 Å². The van der Waals surface area contributed by atoms with E-state index in [1.807, 2.05) is 30.3 Å². The number of hydrogen-bond acceptors (Lipinski definition) is 3. The van der Waals surface area contributed by atoms with Crippen LogP contribution in [-0.2, 0) is 16.1 Å². The molecule has 2 amide bonds. The number of hydrogen-bond donors (Lipinski definition) is 0. The highest BCUT2D eigenvalue weighted by atomic mass is 79.9. The first-order valence-corrected chi connectivity index (χ1v) is 9.73. The third kappa shape index (κ3) is 4.14. The number of ether oxygens (including phenoxy) is 1. The Morgan fingerprint density at radius 2 is 1.96 bits per heavy atom. The maximum Gasteiger partial charge on any atom is 0.344 e. The Morgan fingerprint density at radius 1 is 1.25 bits per heavy atom. The topological polar surface area (TPSA) is 59.0 Å². The van der Waals surface area contributed by atoms with E-state index in [2.05, 4.69) is 20.9 Å². The van der Waals surface area contributed by atoms with Gasteiger partial charge in [0.1, 0.15) is 11.7 Å². The summed E-state index contributed by atoms with van der Waals surface area (Å²) >= 11 is 3.35. The first-order chi connectivity index (χ1) is 13.4. The Bertz CT molecular complexity index is 917. The van der Waals surface area contributed by atoms with Crippen LogP contribution < -0.4 is 0 Å². The Hall–Kier alpha value is -2.54. The second-order valence-electron chi connectivity index (χ2n) is 6.49. The molecule has 2 aromatic rings. The summed E-state index contributed by atoms with van der Waals surface area (Å²) in [4.78, 5) is 31.0. The molecule has 146 valence electrons. The van der Waals surface area contributed by atoms with Gasteiger partial charge in [-0.2, -0.15) is 0 Å². The van der Waals surface area contributed by atoms with Crippen LogP contribution in [0.1, 0.15) is 31.0 Å². The zero-order chi connectivity index (χ0) is 20.3. The Balaban J connectivity index is 2.13. The van der Waals surface area contributed by atoms with Crippen molar-refractivity contribution >= 4 is 33.6 Å². The van der Waals surface area contributed by atoms with Gasteiger partial charge < -0.3 is 9.64 Å². The molecule has 0 saturated heterocycles. The van der Waals surface area contributed by atoms with Crippen molar-refractivity contribution in [2.45, 2.75) is 26.4 Å². The SMILES string of the molecule is CCOC(=O)C1C(C)=NC(=O)N(Cc2ccccc2)C1c1cc(Br)ccc1F. The maximum absolute atomic E-state index is 14.8. The molecule has 1 aliphatic rings. The van der Waals surface area contributed by atoms with Gasteiger partial charge in [0.15, 0.2) is 0 Å². The second kappa shape index (κ2) is 8.65. The van der Waals surface area contributed by atoms with Crippen LogP contribution >= 0.6 is 15.9 Å². The first kappa shape index (κ1) is 20.2. The highest BCUT2D eigenvalue weighted by Crippen LogP contribution is 2.38. The van der Waals surface area contributed by atoms with Gasteiger partial charge in [0.05, 0.1) is 12.6 Å². The molecule has 1 heterocycles. The molecule has 7 heteroatoms. The zero-order valence-electron chi connectivity index (χ0n) is 15.6. The van der Waals surface area contributed by atoms with Crippen LogP contribution in [0.4, 0.5) is 9.18 Å². The molecular formula is C21H20BrFN2O3. The number of nitrogens with zero attached hydrogens (tertiary/aromatic N) is 2. The number of esters is 1. The lowest BCUT2D eigenvalue weighted by Gasteiger charge is -2.38. The predicted octanol–water partition coefficient (Wildman–Crippen LogP) is 4.91. The fourth-order valence-corrected chi connectivity index (χ4v) is 3.76. The van der Waals surface area contributed by atoms with Gasteiger partial charge in [-0.15, -0.1) is 0 Å². The van der Waals surface area contributed by atoms with Crippen molar-refractivity contribution in [1.82, 2.24) is 4.90 Å². The third-order valence-electron chi connectivity index (χ3n) is 4.63. The van der Waals surface area contributed by atoms with Crippen molar-refractivity contribution < 1.29 is 18.7 Å². The van der Waals surface area contributed by atoms with E-state index in [1.54, 1.807) is 26.0 Å². The molecule has 0 bridgehead atoms. The minimum Gasteiger partial charge on any atom is -0.465 e. The quantitative estimate of drug-likeness (QED) is 0.613. The van der Waals surface area contributed by atoms with Crippen LogP contribution in [0.3, 0.4) is 0 Å². The van der Waals surface area contributed by atoms with Crippen molar-refractivity contribution in [2.24, 2.45) is 10.9 Å². The van der Waals surface area contributed by atoms with E-state index in [0.717, 1.165) is 5.56 Å². The van der Waals surface area contributed by atoms with E-state index < -0.39 is 29.8 Å². The van der Waals surface area contributed by atoms with Crippen molar-refractivity contribution in [3.63, 3.8) is 0 Å². The first-order valence-electron chi connectivity index (χ1n) is 8.93. The standard InChI is InChI=1S/C21H20BrFN2O3/c1-3-28-20(26)18-13(2)24-21(27)25(12-14-7-5-4-6-8-14)19(18)16-11-15(22)9-10-17(16)23/h4-11,18-19H,3,12H2,1-2H3. The number of aliphatic imine (C=N–C) groups is 1. The largest absolute Gasteiger partial charge is 0.465 e. The molecule has 5 nitrogen and oxygen atoms in total. The monoisotopic (exact) mass is 446 g/mol. The van der Waals surface area contributed by atoms with Gasteiger partial charge in [-0.05, 0) is 37.6 Å². The van der Waals surface area contributed by atoms with E-state index in [4.69, 9.17) is 4.74 Å². The highest BCUT2D eigenvalue weighted by molar-refractivity contribution is 9.10. The summed E-state index contributed by atoms with van der Waals surface area (Å²) in [5, 5.41) is 0. The minimum absolute atomic E-state index is 0.183. The Kier molecular flexibility index (Phi) is 6.24. The lowest BCUT2D eigenvalue weighted by Crippen LogP contribution is -2.47. The average molecular weight is 447 g/mol. The summed E-state index contributed by atoms with van der Waals surface area (Å²) in [5.41, 5.74) is 1.41. The molecule has 28 heavy (non-hydrogen) atoms. The molecule has 3 rings (SSSR count). The van der Waals surface area contributed by atoms with Gasteiger partial charge in [-0.3, -0.25) is 4.79 Å². The van der Waals surface area contributed by atoms with Crippen molar-refractivity contribution in [3.05, 3.63) is 69.9 Å². The van der Waals surface area contributed by atoms with E-state index >= 15 is 0 Å². The number of carbonyl (C=O) groups excluding carboxylic acids is 2. The average Bonchev–Trinajstić information content (AvgIpc) is 2.66. The van der Waals surface area contributed by atoms with Crippen molar-refractivity contribution in [1.29, 1.82) is 0 Å². The van der Waals surface area contributed by atoms with Gasteiger partial charge in [0.25, 0.3) is 0 Å². The Labute approximate surface area is 171 Å². The van der Waals surface area contributed by atoms with Gasteiger partial charge in [-0.1, -0.05) is 46.3 Å². The molecule has 0 fully saturated rings. The molecule has 0 aromatic heterocycles. The Morgan fingerprint density at radius 3 is 2.64 bits per heavy atom. The molecule has 2 atom stereocenters. The fourth-order valence-electron chi connectivity index (χ4n) is 3.38. The van der Waals surface area contributed by atoms with Crippen LogP contribution in [0.2, 0.25) is 0 Å². The van der Waals surface area contributed by atoms with Crippen molar-refractivity contribution in [2.75, 3.05) is 6.61 Å². The lowest BCUT2D eigenvalue weighted by atomic mass is 9.86. The van der Waals surface area contributed by atoms with E-state index in [9.17, 15) is 14.0 Å². The van der Waals surface area contributed by atoms with Gasteiger partial charge in [0, 0.05) is 22.3 Å². The molecule has 0 aliphatic carbocycles. The summed E-state index contributed by atoms with van der Waals surface area (Å²) in [7, 11) is 0. The molecule has 0 saturated carbocycles. The smallest absolute Gasteiger partial charge is 0.344 e. The third-order valence-corrected chi connectivity index (χ3v) is 5.13. The fraction of sp³-hybridized carbons (Fsp3) is 0.286. The van der Waals surface area contributed by atoms with Crippen LogP contribution in [0.15, 0.2) is 58.0 Å². The summed E-state index contributed by atoms with van der Waals surface area (Å²) in [5.74, 6) is -1.91. The molecule has 0 N–H and O–H groups in total. The number of rotatable bonds is 5. The van der Waals surface area contributed by atoms with Gasteiger partial charge >= 0.3 is 12.0 Å². The minimum atomic E-state index is -0.884. The summed E-state index contributed by atoms with van der Waals surface area (Å²) in [6.07, 6.45) is 0. The molecular weight excluding hydrogens is 427 g/mol. The number of halogens is 2. The normalized spacial score (nSPS) is 19.4. The van der Waals surface area contributed by atoms with Crippen LogP contribution in [-0.4, -0.2) is 29.2 Å². The van der Waals surface area contributed by atoms with Gasteiger partial charge in [0.2, 0.25) is 0 Å². The highest BCUT2D eigenvalue weighted by Gasteiger charge is 2.44. The van der Waals surface area contributed by atoms with E-state index in [0.29, 0.717) is 10.2 Å². The molecule has 1 aliphatic heterocycles. The van der Waals surface area contributed by atoms with Crippen LogP contribution in [0.5, 0.6) is 0 Å². The number of benzene rings is 2. The second-order valence-corrected chi connectivity index (χ2v) is 7.41. The number of carbonyl (C=O) groups is 2. The number of urea groups is 1. The number of amides is 2. The lowest BCUT2D eigenvalue weighted by molar-refractivity contribution is -0.147. The van der Waals surface area contributed by atoms with Crippen LogP contribution in [0, 0.1) is 11.7 Å². The van der Waals surface area contributed by atoms with E-state index in [-0.39, 0.29) is 18.7 Å².